The summed E-state index contributed by atoms with van der Waals surface area (Å²) < 4.78 is 0. The highest BCUT2D eigenvalue weighted by molar-refractivity contribution is 5.71. The fraction of sp³-hybridized carbons (Fsp3) is 0.111. The molecular weight excluding hydrogens is 258 g/mol. The highest BCUT2D eigenvalue weighted by Crippen LogP contribution is 2.27. The number of hydrogen-bond donors (Lipinski definition) is 1. The Balaban J connectivity index is 2.01. The average Bonchev–Trinajstić information content (AvgIpc) is 2.54. The molecule has 0 aliphatic rings. The summed E-state index contributed by atoms with van der Waals surface area (Å²) in [5.41, 5.74) is 12.2. The smallest absolute Gasteiger partial charge is 0.149 e. The van der Waals surface area contributed by atoms with Gasteiger partial charge in [-0.15, -0.1) is 10.2 Å². The van der Waals surface area contributed by atoms with E-state index in [0.29, 0.717) is 5.82 Å². The lowest BCUT2D eigenvalue weighted by Gasteiger charge is -2.09. The van der Waals surface area contributed by atoms with Crippen molar-refractivity contribution in [2.75, 3.05) is 5.73 Å². The molecule has 0 saturated carbocycles. The van der Waals surface area contributed by atoms with Crippen LogP contribution in [-0.4, -0.2) is 10.2 Å². The third-order valence-electron chi connectivity index (χ3n) is 3.83. The molecule has 2 N–H and O–H groups in total. The third kappa shape index (κ3) is 2.50. The van der Waals surface area contributed by atoms with Crippen molar-refractivity contribution in [2.24, 2.45) is 0 Å². The van der Waals surface area contributed by atoms with Crippen LogP contribution in [0.1, 0.15) is 11.1 Å². The maximum Gasteiger partial charge on any atom is 0.149 e. The highest BCUT2D eigenvalue weighted by atomic mass is 15.1. The molecule has 2 aromatic carbocycles. The van der Waals surface area contributed by atoms with Gasteiger partial charge in [-0.1, -0.05) is 54.6 Å². The van der Waals surface area contributed by atoms with Crippen molar-refractivity contribution in [3.05, 3.63) is 65.7 Å². The fourth-order valence-electron chi connectivity index (χ4n) is 2.35. The maximum absolute atomic E-state index is 5.79. The van der Waals surface area contributed by atoms with Gasteiger partial charge in [0.25, 0.3) is 0 Å². The molecule has 0 radical (unpaired) electrons. The first-order valence-electron chi connectivity index (χ1n) is 6.92. The molecule has 0 amide bonds. The van der Waals surface area contributed by atoms with Crippen LogP contribution in [0.25, 0.3) is 22.4 Å². The number of nitrogens with zero attached hydrogens (tertiary/aromatic N) is 2. The average molecular weight is 275 g/mol. The molecule has 1 heterocycles. The molecule has 21 heavy (non-hydrogen) atoms. The summed E-state index contributed by atoms with van der Waals surface area (Å²) in [4.78, 5) is 0. The molecule has 0 atom stereocenters. The Bertz CT molecular complexity index is 762. The van der Waals surface area contributed by atoms with Crippen molar-refractivity contribution in [3.63, 3.8) is 0 Å². The van der Waals surface area contributed by atoms with Crippen LogP contribution in [0.2, 0.25) is 0 Å². The summed E-state index contributed by atoms with van der Waals surface area (Å²) in [6, 6.07) is 18.7. The lowest BCUT2D eigenvalue weighted by atomic mass is 10.00. The third-order valence-corrected chi connectivity index (χ3v) is 3.83. The molecule has 0 spiro atoms. The zero-order valence-corrected chi connectivity index (χ0v) is 12.2. The number of aromatic nitrogens is 2. The fourth-order valence-corrected chi connectivity index (χ4v) is 2.35. The van der Waals surface area contributed by atoms with Gasteiger partial charge in [0.1, 0.15) is 5.82 Å². The molecule has 3 rings (SSSR count). The Morgan fingerprint density at radius 1 is 0.667 bits per heavy atom. The predicted octanol–water partition coefficient (Wildman–Crippen LogP) is 4.01. The topological polar surface area (TPSA) is 51.8 Å². The lowest BCUT2D eigenvalue weighted by molar-refractivity contribution is 1.01. The first-order valence-corrected chi connectivity index (χ1v) is 6.92. The molecule has 0 aliphatic carbocycles. The van der Waals surface area contributed by atoms with E-state index in [-0.39, 0.29) is 0 Å². The zero-order chi connectivity index (χ0) is 14.8. The van der Waals surface area contributed by atoms with Crippen molar-refractivity contribution in [1.82, 2.24) is 10.2 Å². The summed E-state index contributed by atoms with van der Waals surface area (Å²) in [5.74, 6) is 0.497. The second kappa shape index (κ2) is 5.37. The molecule has 0 aliphatic heterocycles. The van der Waals surface area contributed by atoms with E-state index in [0.717, 1.165) is 22.4 Å². The highest BCUT2D eigenvalue weighted by Gasteiger charge is 2.09. The second-order valence-electron chi connectivity index (χ2n) is 5.13. The van der Waals surface area contributed by atoms with Gasteiger partial charge in [-0.25, -0.2) is 0 Å². The van der Waals surface area contributed by atoms with Gasteiger partial charge in [0.05, 0.1) is 5.69 Å². The van der Waals surface area contributed by atoms with Gasteiger partial charge >= 0.3 is 0 Å². The second-order valence-corrected chi connectivity index (χ2v) is 5.13. The summed E-state index contributed by atoms with van der Waals surface area (Å²) >= 11 is 0. The summed E-state index contributed by atoms with van der Waals surface area (Å²) in [7, 11) is 0. The molecule has 3 aromatic rings. The van der Waals surface area contributed by atoms with E-state index in [2.05, 4.69) is 46.6 Å². The van der Waals surface area contributed by atoms with Crippen LogP contribution >= 0.6 is 0 Å². The maximum atomic E-state index is 5.79. The normalized spacial score (nSPS) is 10.6. The van der Waals surface area contributed by atoms with Crippen molar-refractivity contribution in [2.45, 2.75) is 13.8 Å². The number of anilines is 1. The van der Waals surface area contributed by atoms with Gasteiger partial charge in [0.2, 0.25) is 0 Å². The molecule has 0 unspecified atom stereocenters. The summed E-state index contributed by atoms with van der Waals surface area (Å²) in [6.45, 7) is 4.00. The van der Waals surface area contributed by atoms with E-state index < -0.39 is 0 Å². The van der Waals surface area contributed by atoms with Crippen molar-refractivity contribution in [1.29, 1.82) is 0 Å². The SMILES string of the molecule is Cc1c(N)nnc(-c2ccc(-c3ccccc3)cc2)c1C. The monoisotopic (exact) mass is 275 g/mol. The Morgan fingerprint density at radius 2 is 1.24 bits per heavy atom. The van der Waals surface area contributed by atoms with E-state index in [4.69, 9.17) is 5.73 Å². The van der Waals surface area contributed by atoms with Crippen LogP contribution in [0, 0.1) is 13.8 Å². The summed E-state index contributed by atoms with van der Waals surface area (Å²) in [6.07, 6.45) is 0. The van der Waals surface area contributed by atoms with E-state index in [1.807, 2.05) is 32.0 Å². The first kappa shape index (κ1) is 13.3. The number of rotatable bonds is 2. The quantitative estimate of drug-likeness (QED) is 0.768. The number of benzene rings is 2. The number of nitrogen functional groups attached to an aromatic ring is 1. The lowest BCUT2D eigenvalue weighted by Crippen LogP contribution is -2.01. The predicted molar refractivity (Wildman–Crippen MR) is 86.8 cm³/mol. The zero-order valence-electron chi connectivity index (χ0n) is 12.2. The largest absolute Gasteiger partial charge is 0.382 e. The number of nitrogens with two attached hydrogens (primary N) is 1. The van der Waals surface area contributed by atoms with E-state index in [9.17, 15) is 0 Å². The minimum absolute atomic E-state index is 0.497. The molecule has 3 nitrogen and oxygen atoms in total. The van der Waals surface area contributed by atoms with Crippen molar-refractivity contribution < 1.29 is 0 Å². The van der Waals surface area contributed by atoms with Crippen LogP contribution in [0.3, 0.4) is 0 Å². The molecule has 3 heteroatoms. The number of hydrogen-bond acceptors (Lipinski definition) is 3. The molecule has 0 saturated heterocycles. The van der Waals surface area contributed by atoms with Gasteiger partial charge < -0.3 is 5.73 Å². The molecule has 0 fully saturated rings. The van der Waals surface area contributed by atoms with Gasteiger partial charge in [-0.2, -0.15) is 0 Å². The Kier molecular flexibility index (Phi) is 3.40. The van der Waals surface area contributed by atoms with Crippen LogP contribution in [0.4, 0.5) is 5.82 Å². The van der Waals surface area contributed by atoms with Crippen molar-refractivity contribution >= 4 is 5.82 Å². The van der Waals surface area contributed by atoms with Crippen LogP contribution < -0.4 is 5.73 Å². The summed E-state index contributed by atoms with van der Waals surface area (Å²) in [5, 5.41) is 8.26. The van der Waals surface area contributed by atoms with E-state index in [1.165, 1.54) is 11.1 Å². The Labute approximate surface area is 124 Å². The minimum atomic E-state index is 0.497. The Morgan fingerprint density at radius 3 is 1.90 bits per heavy atom. The van der Waals surface area contributed by atoms with Crippen LogP contribution in [0.5, 0.6) is 0 Å². The van der Waals surface area contributed by atoms with Gasteiger partial charge in [-0.05, 0) is 36.1 Å². The molecule has 104 valence electrons. The van der Waals surface area contributed by atoms with Crippen molar-refractivity contribution in [3.8, 4) is 22.4 Å². The van der Waals surface area contributed by atoms with Crippen LogP contribution in [-0.2, 0) is 0 Å². The standard InChI is InChI=1S/C18H17N3/c1-12-13(2)18(19)21-20-17(12)16-10-8-15(9-11-16)14-6-4-3-5-7-14/h3-11H,1-2H3,(H2,19,21). The first-order chi connectivity index (χ1) is 10.2. The van der Waals surface area contributed by atoms with E-state index >= 15 is 0 Å². The molecular formula is C18H17N3. The Hall–Kier alpha value is -2.68. The van der Waals surface area contributed by atoms with Gasteiger partial charge in [0, 0.05) is 5.56 Å². The molecule has 1 aromatic heterocycles. The van der Waals surface area contributed by atoms with Gasteiger partial charge in [-0.3, -0.25) is 0 Å². The minimum Gasteiger partial charge on any atom is -0.382 e. The van der Waals surface area contributed by atoms with Crippen LogP contribution in [0.15, 0.2) is 54.6 Å². The van der Waals surface area contributed by atoms with E-state index in [1.54, 1.807) is 0 Å². The van der Waals surface area contributed by atoms with Gasteiger partial charge in [0.15, 0.2) is 0 Å². The molecule has 0 bridgehead atoms.